The third-order valence-corrected chi connectivity index (χ3v) is 2.78. The smallest absolute Gasteiger partial charge is 0.251 e. The molecule has 0 aromatic heterocycles. The van der Waals surface area contributed by atoms with Crippen LogP contribution in [0.3, 0.4) is 0 Å². The number of Topliss-reactive ketones (excluding diaryl/α,β-unsaturated/α-hetero) is 1. The topological polar surface area (TPSA) is 75.3 Å². The van der Waals surface area contributed by atoms with E-state index in [1.54, 1.807) is 25.2 Å². The molecular formula is C15H20N2O3. The van der Waals surface area contributed by atoms with E-state index in [-0.39, 0.29) is 17.6 Å². The summed E-state index contributed by atoms with van der Waals surface area (Å²) in [5.74, 6) is -0.268. The lowest BCUT2D eigenvalue weighted by molar-refractivity contribution is -0.117. The van der Waals surface area contributed by atoms with Crippen molar-refractivity contribution in [3.05, 3.63) is 29.3 Å². The summed E-state index contributed by atoms with van der Waals surface area (Å²) in [6.07, 6.45) is 1.24. The molecule has 1 aromatic carbocycles. The zero-order chi connectivity index (χ0) is 15.1. The number of carbonyl (C=O) groups is 3. The number of nitrogens with one attached hydrogen (secondary N) is 2. The molecule has 0 atom stereocenters. The number of aryl methyl sites for hydroxylation is 1. The summed E-state index contributed by atoms with van der Waals surface area (Å²) in [7, 11) is 1.56. The molecule has 0 bridgehead atoms. The Labute approximate surface area is 118 Å². The quantitative estimate of drug-likeness (QED) is 0.835. The van der Waals surface area contributed by atoms with Gasteiger partial charge in [-0.1, -0.05) is 0 Å². The van der Waals surface area contributed by atoms with E-state index in [9.17, 15) is 14.4 Å². The third kappa shape index (κ3) is 5.22. The van der Waals surface area contributed by atoms with Crippen LogP contribution in [0.25, 0.3) is 0 Å². The lowest BCUT2D eigenvalue weighted by atomic mass is 10.1. The maximum Gasteiger partial charge on any atom is 0.251 e. The number of benzene rings is 1. The van der Waals surface area contributed by atoms with Gasteiger partial charge in [0.25, 0.3) is 5.91 Å². The van der Waals surface area contributed by atoms with E-state index in [4.69, 9.17) is 0 Å². The lowest BCUT2D eigenvalue weighted by Crippen LogP contribution is -2.18. The molecule has 0 fully saturated rings. The molecule has 0 saturated carbocycles. The van der Waals surface area contributed by atoms with Crippen LogP contribution in [0.5, 0.6) is 0 Å². The summed E-state index contributed by atoms with van der Waals surface area (Å²) in [5.41, 5.74) is 1.99. The van der Waals surface area contributed by atoms with E-state index < -0.39 is 0 Å². The van der Waals surface area contributed by atoms with E-state index in [1.165, 1.54) is 6.92 Å². The van der Waals surface area contributed by atoms with Crippen molar-refractivity contribution in [1.29, 1.82) is 0 Å². The number of hydrogen-bond donors (Lipinski definition) is 2. The van der Waals surface area contributed by atoms with Gasteiger partial charge in [0.1, 0.15) is 5.78 Å². The average molecular weight is 276 g/mol. The third-order valence-electron chi connectivity index (χ3n) is 2.78. The van der Waals surface area contributed by atoms with E-state index in [0.717, 1.165) is 5.56 Å². The maximum absolute atomic E-state index is 11.7. The van der Waals surface area contributed by atoms with Crippen LogP contribution >= 0.6 is 0 Å². The van der Waals surface area contributed by atoms with Gasteiger partial charge in [0.05, 0.1) is 0 Å². The first-order chi connectivity index (χ1) is 9.42. The number of ketones is 1. The summed E-state index contributed by atoms with van der Waals surface area (Å²) < 4.78 is 0. The summed E-state index contributed by atoms with van der Waals surface area (Å²) >= 11 is 0. The van der Waals surface area contributed by atoms with Crippen molar-refractivity contribution in [3.63, 3.8) is 0 Å². The molecule has 0 aliphatic heterocycles. The fourth-order valence-electron chi connectivity index (χ4n) is 1.85. The zero-order valence-corrected chi connectivity index (χ0v) is 12.1. The SMILES string of the molecule is CNC(=O)c1cc(C)cc(NC(=O)CCCC(C)=O)c1. The van der Waals surface area contributed by atoms with Crippen molar-refractivity contribution in [2.45, 2.75) is 33.1 Å². The predicted molar refractivity (Wildman–Crippen MR) is 77.7 cm³/mol. The Hall–Kier alpha value is -2.17. The molecule has 108 valence electrons. The fraction of sp³-hybridized carbons (Fsp3) is 0.400. The first-order valence-electron chi connectivity index (χ1n) is 6.55. The molecule has 5 nitrogen and oxygen atoms in total. The summed E-state index contributed by atoms with van der Waals surface area (Å²) in [6.45, 7) is 3.37. The van der Waals surface area contributed by atoms with Crippen molar-refractivity contribution in [2.75, 3.05) is 12.4 Å². The van der Waals surface area contributed by atoms with E-state index in [2.05, 4.69) is 10.6 Å². The van der Waals surface area contributed by atoms with Gasteiger partial charge >= 0.3 is 0 Å². The molecule has 0 aliphatic rings. The van der Waals surface area contributed by atoms with Crippen molar-refractivity contribution >= 4 is 23.3 Å². The Morgan fingerprint density at radius 2 is 1.80 bits per heavy atom. The largest absolute Gasteiger partial charge is 0.355 e. The second-order valence-electron chi connectivity index (χ2n) is 4.77. The van der Waals surface area contributed by atoms with Crippen LogP contribution in [-0.2, 0) is 9.59 Å². The first kappa shape index (κ1) is 15.9. The summed E-state index contributed by atoms with van der Waals surface area (Å²) in [4.78, 5) is 34.1. The number of rotatable bonds is 6. The number of hydrogen-bond acceptors (Lipinski definition) is 3. The first-order valence-corrected chi connectivity index (χ1v) is 6.55. The maximum atomic E-state index is 11.7. The Kier molecular flexibility index (Phi) is 5.90. The van der Waals surface area contributed by atoms with Gasteiger partial charge in [-0.25, -0.2) is 0 Å². The molecule has 2 amide bonds. The van der Waals surface area contributed by atoms with Crippen LogP contribution in [0.1, 0.15) is 42.1 Å². The van der Waals surface area contributed by atoms with Crippen LogP contribution in [-0.4, -0.2) is 24.6 Å². The van der Waals surface area contributed by atoms with Crippen LogP contribution in [0.2, 0.25) is 0 Å². The standard InChI is InChI=1S/C15H20N2O3/c1-10-7-12(15(20)16-3)9-13(8-10)17-14(19)6-4-5-11(2)18/h7-9H,4-6H2,1-3H3,(H,16,20)(H,17,19). The molecule has 0 unspecified atom stereocenters. The van der Waals surface area contributed by atoms with E-state index in [0.29, 0.717) is 30.5 Å². The molecule has 0 aliphatic carbocycles. The van der Waals surface area contributed by atoms with Crippen molar-refractivity contribution in [2.24, 2.45) is 0 Å². The predicted octanol–water partition coefficient (Wildman–Crippen LogP) is 2.05. The van der Waals surface area contributed by atoms with Gasteiger partial charge in [-0.2, -0.15) is 0 Å². The van der Waals surface area contributed by atoms with Crippen LogP contribution in [0.15, 0.2) is 18.2 Å². The van der Waals surface area contributed by atoms with Gasteiger partial charge in [-0.15, -0.1) is 0 Å². The molecule has 1 rings (SSSR count). The monoisotopic (exact) mass is 276 g/mol. The van der Waals surface area contributed by atoms with Gasteiger partial charge < -0.3 is 15.4 Å². The van der Waals surface area contributed by atoms with Crippen LogP contribution < -0.4 is 10.6 Å². The fourth-order valence-corrected chi connectivity index (χ4v) is 1.85. The Bertz CT molecular complexity index is 524. The molecule has 5 heteroatoms. The van der Waals surface area contributed by atoms with Crippen LogP contribution in [0, 0.1) is 6.92 Å². The lowest BCUT2D eigenvalue weighted by Gasteiger charge is -2.08. The van der Waals surface area contributed by atoms with Gasteiger partial charge in [0.15, 0.2) is 0 Å². The highest BCUT2D eigenvalue weighted by molar-refractivity contribution is 5.97. The van der Waals surface area contributed by atoms with Gasteiger partial charge in [0, 0.05) is 31.1 Å². The Balaban J connectivity index is 2.67. The highest BCUT2D eigenvalue weighted by Gasteiger charge is 2.08. The zero-order valence-electron chi connectivity index (χ0n) is 12.1. The molecule has 0 spiro atoms. The summed E-state index contributed by atoms with van der Waals surface area (Å²) in [6, 6.07) is 5.19. The Morgan fingerprint density at radius 1 is 1.10 bits per heavy atom. The summed E-state index contributed by atoms with van der Waals surface area (Å²) in [5, 5.41) is 5.29. The molecule has 0 saturated heterocycles. The van der Waals surface area contributed by atoms with Crippen molar-refractivity contribution < 1.29 is 14.4 Å². The van der Waals surface area contributed by atoms with E-state index in [1.807, 2.05) is 6.92 Å². The van der Waals surface area contributed by atoms with Crippen LogP contribution in [0.4, 0.5) is 5.69 Å². The minimum absolute atomic E-state index is 0.0789. The van der Waals surface area contributed by atoms with Gasteiger partial charge in [-0.05, 0) is 44.0 Å². The normalized spacial score (nSPS) is 9.95. The molecule has 20 heavy (non-hydrogen) atoms. The highest BCUT2D eigenvalue weighted by atomic mass is 16.2. The number of carbonyl (C=O) groups excluding carboxylic acids is 3. The molecule has 2 N–H and O–H groups in total. The molecule has 1 aromatic rings. The van der Waals surface area contributed by atoms with Crippen molar-refractivity contribution in [1.82, 2.24) is 5.32 Å². The Morgan fingerprint density at radius 3 is 2.40 bits per heavy atom. The second-order valence-corrected chi connectivity index (χ2v) is 4.77. The van der Waals surface area contributed by atoms with Gasteiger partial charge in [-0.3, -0.25) is 9.59 Å². The van der Waals surface area contributed by atoms with E-state index >= 15 is 0 Å². The number of amides is 2. The minimum Gasteiger partial charge on any atom is -0.355 e. The minimum atomic E-state index is -0.194. The molecular weight excluding hydrogens is 256 g/mol. The second kappa shape index (κ2) is 7.43. The molecule has 0 radical (unpaired) electrons. The highest BCUT2D eigenvalue weighted by Crippen LogP contribution is 2.15. The van der Waals surface area contributed by atoms with Gasteiger partial charge in [0.2, 0.25) is 5.91 Å². The molecule has 0 heterocycles. The van der Waals surface area contributed by atoms with Crippen molar-refractivity contribution in [3.8, 4) is 0 Å². The number of anilines is 1. The average Bonchev–Trinajstić information content (AvgIpc) is 2.36.